The van der Waals surface area contributed by atoms with Crippen molar-refractivity contribution in [3.63, 3.8) is 0 Å². The highest BCUT2D eigenvalue weighted by Gasteiger charge is 2.34. The maximum Gasteiger partial charge on any atom is 0.419 e. The van der Waals surface area contributed by atoms with Crippen LogP contribution in [0.2, 0.25) is 5.02 Å². The topological polar surface area (TPSA) is 37.8 Å². The lowest BCUT2D eigenvalue weighted by Gasteiger charge is -2.22. The van der Waals surface area contributed by atoms with E-state index in [-0.39, 0.29) is 16.4 Å². The van der Waals surface area contributed by atoms with E-state index in [9.17, 15) is 22.0 Å². The Labute approximate surface area is 178 Å². The first-order valence-electron chi connectivity index (χ1n) is 9.01. The molecular formula is C22H13ClF5N3. The summed E-state index contributed by atoms with van der Waals surface area (Å²) in [5.41, 5.74) is -0.0897. The van der Waals surface area contributed by atoms with Crippen molar-refractivity contribution >= 4 is 28.3 Å². The molecule has 4 rings (SSSR count). The molecule has 0 aliphatic rings. The number of alkyl halides is 3. The van der Waals surface area contributed by atoms with Gasteiger partial charge in [-0.05, 0) is 41.5 Å². The van der Waals surface area contributed by atoms with E-state index in [1.165, 1.54) is 6.20 Å². The summed E-state index contributed by atoms with van der Waals surface area (Å²) in [6.07, 6.45) is -2.02. The Morgan fingerprint density at radius 1 is 0.871 bits per heavy atom. The van der Waals surface area contributed by atoms with Gasteiger partial charge < -0.3 is 5.32 Å². The van der Waals surface area contributed by atoms with Crippen LogP contribution in [-0.4, -0.2) is 9.97 Å². The van der Waals surface area contributed by atoms with Gasteiger partial charge in [0.05, 0.1) is 22.1 Å². The SMILES string of the molecule is Fc1cc(C(Nc2ncc(Cl)cc2F)c2ccc3cccnc3c2)ccc1C(F)(F)F. The van der Waals surface area contributed by atoms with E-state index in [2.05, 4.69) is 15.3 Å². The van der Waals surface area contributed by atoms with Crippen molar-refractivity contribution in [3.05, 3.63) is 100 Å². The average Bonchev–Trinajstić information content (AvgIpc) is 2.72. The third kappa shape index (κ3) is 4.44. The van der Waals surface area contributed by atoms with Crippen molar-refractivity contribution in [2.75, 3.05) is 5.32 Å². The molecule has 2 aromatic heterocycles. The second-order valence-corrected chi connectivity index (χ2v) is 7.19. The predicted octanol–water partition coefficient (Wildman–Crippen LogP) is 6.78. The Bertz CT molecular complexity index is 1260. The van der Waals surface area contributed by atoms with E-state index in [0.29, 0.717) is 17.1 Å². The highest BCUT2D eigenvalue weighted by atomic mass is 35.5. The molecule has 0 radical (unpaired) electrons. The maximum atomic E-state index is 14.4. The quantitative estimate of drug-likeness (QED) is 0.349. The van der Waals surface area contributed by atoms with Gasteiger partial charge in [0, 0.05) is 17.8 Å². The monoisotopic (exact) mass is 449 g/mol. The first kappa shape index (κ1) is 21.0. The number of fused-ring (bicyclic) bond motifs is 1. The average molecular weight is 450 g/mol. The van der Waals surface area contributed by atoms with Gasteiger partial charge in [-0.25, -0.2) is 13.8 Å². The minimum atomic E-state index is -4.83. The normalized spacial score (nSPS) is 12.7. The lowest BCUT2D eigenvalue weighted by molar-refractivity contribution is -0.140. The molecule has 1 unspecified atom stereocenters. The van der Waals surface area contributed by atoms with Crippen LogP contribution in [0.15, 0.2) is 67.0 Å². The van der Waals surface area contributed by atoms with Crippen molar-refractivity contribution in [2.24, 2.45) is 0 Å². The molecule has 0 spiro atoms. The number of nitrogens with zero attached hydrogens (tertiary/aromatic N) is 2. The van der Waals surface area contributed by atoms with Gasteiger partial charge in [-0.2, -0.15) is 13.2 Å². The Balaban J connectivity index is 1.83. The zero-order valence-corrected chi connectivity index (χ0v) is 16.3. The number of halogens is 6. The molecule has 158 valence electrons. The van der Waals surface area contributed by atoms with Gasteiger partial charge in [0.15, 0.2) is 11.6 Å². The van der Waals surface area contributed by atoms with Crippen molar-refractivity contribution in [1.29, 1.82) is 0 Å². The van der Waals surface area contributed by atoms with Crippen molar-refractivity contribution in [1.82, 2.24) is 9.97 Å². The Kier molecular flexibility index (Phi) is 5.49. The number of anilines is 1. The molecule has 0 fully saturated rings. The van der Waals surface area contributed by atoms with Crippen molar-refractivity contribution in [2.45, 2.75) is 12.2 Å². The van der Waals surface area contributed by atoms with Crippen LogP contribution in [0.5, 0.6) is 0 Å². The standard InChI is InChI=1S/C22H13ClF5N3/c23-15-10-18(25)21(30-11-15)31-20(13-5-6-16(17(24)8-13)22(26,27)28)14-4-3-12-2-1-7-29-19(12)9-14/h1-11,20H,(H,30,31). The number of aromatic nitrogens is 2. The van der Waals surface area contributed by atoms with Gasteiger partial charge in [-0.15, -0.1) is 0 Å². The van der Waals surface area contributed by atoms with Gasteiger partial charge in [-0.3, -0.25) is 4.98 Å². The highest BCUT2D eigenvalue weighted by molar-refractivity contribution is 6.30. The molecule has 0 saturated heterocycles. The molecule has 0 aliphatic carbocycles. The van der Waals surface area contributed by atoms with E-state index < -0.39 is 29.4 Å². The molecule has 0 saturated carbocycles. The molecule has 2 aromatic carbocycles. The molecule has 0 amide bonds. The number of pyridine rings is 2. The molecule has 4 aromatic rings. The fourth-order valence-corrected chi connectivity index (χ4v) is 3.37. The molecule has 2 heterocycles. The van der Waals surface area contributed by atoms with Gasteiger partial charge in [-0.1, -0.05) is 35.9 Å². The molecule has 0 aliphatic heterocycles. The van der Waals surface area contributed by atoms with Gasteiger partial charge in [0.1, 0.15) is 5.82 Å². The third-order valence-corrected chi connectivity index (χ3v) is 4.89. The van der Waals surface area contributed by atoms with Crippen LogP contribution < -0.4 is 5.32 Å². The Hall–Kier alpha value is -3.26. The molecular weight excluding hydrogens is 437 g/mol. The van der Waals surface area contributed by atoms with Crippen LogP contribution >= 0.6 is 11.6 Å². The first-order chi connectivity index (χ1) is 14.7. The summed E-state index contributed by atoms with van der Waals surface area (Å²) in [5.74, 6) is -2.38. The zero-order valence-electron chi connectivity index (χ0n) is 15.6. The molecule has 1 N–H and O–H groups in total. The predicted molar refractivity (Wildman–Crippen MR) is 108 cm³/mol. The fourth-order valence-electron chi connectivity index (χ4n) is 3.22. The third-order valence-electron chi connectivity index (χ3n) is 4.68. The molecule has 3 nitrogen and oxygen atoms in total. The minimum absolute atomic E-state index is 0.0788. The van der Waals surface area contributed by atoms with E-state index >= 15 is 0 Å². The maximum absolute atomic E-state index is 14.4. The van der Waals surface area contributed by atoms with Crippen molar-refractivity contribution in [3.8, 4) is 0 Å². The lowest BCUT2D eigenvalue weighted by atomic mass is 9.96. The summed E-state index contributed by atoms with van der Waals surface area (Å²) < 4.78 is 67.6. The van der Waals surface area contributed by atoms with Crippen LogP contribution in [0.1, 0.15) is 22.7 Å². The van der Waals surface area contributed by atoms with Crippen LogP contribution in [0.4, 0.5) is 27.8 Å². The van der Waals surface area contributed by atoms with Crippen LogP contribution in [0.3, 0.4) is 0 Å². The second kappa shape index (κ2) is 8.11. The van der Waals surface area contributed by atoms with E-state index in [1.807, 2.05) is 6.07 Å². The van der Waals surface area contributed by atoms with E-state index in [0.717, 1.165) is 23.6 Å². The zero-order chi connectivity index (χ0) is 22.2. The number of hydrogen-bond acceptors (Lipinski definition) is 3. The smallest absolute Gasteiger partial charge is 0.357 e. The number of hydrogen-bond donors (Lipinski definition) is 1. The largest absolute Gasteiger partial charge is 0.419 e. The van der Waals surface area contributed by atoms with Crippen LogP contribution in [0.25, 0.3) is 10.9 Å². The molecule has 1 atom stereocenters. The lowest BCUT2D eigenvalue weighted by Crippen LogP contribution is -2.16. The number of benzene rings is 2. The number of nitrogens with one attached hydrogen (secondary N) is 1. The van der Waals surface area contributed by atoms with Crippen LogP contribution in [0, 0.1) is 11.6 Å². The van der Waals surface area contributed by atoms with Gasteiger partial charge >= 0.3 is 6.18 Å². The number of rotatable bonds is 4. The van der Waals surface area contributed by atoms with E-state index in [1.54, 1.807) is 30.5 Å². The summed E-state index contributed by atoms with van der Waals surface area (Å²) in [6, 6.07) is 11.5. The Morgan fingerprint density at radius 2 is 1.61 bits per heavy atom. The molecule has 9 heteroatoms. The van der Waals surface area contributed by atoms with Gasteiger partial charge in [0.25, 0.3) is 0 Å². The highest BCUT2D eigenvalue weighted by Crippen LogP contribution is 2.35. The van der Waals surface area contributed by atoms with Crippen molar-refractivity contribution < 1.29 is 22.0 Å². The second-order valence-electron chi connectivity index (χ2n) is 6.75. The summed E-state index contributed by atoms with van der Waals surface area (Å²) in [4.78, 5) is 8.16. The Morgan fingerprint density at radius 3 is 2.32 bits per heavy atom. The fraction of sp³-hybridized carbons (Fsp3) is 0.0909. The molecule has 31 heavy (non-hydrogen) atoms. The summed E-state index contributed by atoms with van der Waals surface area (Å²) >= 11 is 5.74. The first-order valence-corrected chi connectivity index (χ1v) is 9.39. The van der Waals surface area contributed by atoms with E-state index in [4.69, 9.17) is 11.6 Å². The molecule has 0 bridgehead atoms. The minimum Gasteiger partial charge on any atom is -0.357 e. The summed E-state index contributed by atoms with van der Waals surface area (Å²) in [5, 5.41) is 3.75. The van der Waals surface area contributed by atoms with Crippen LogP contribution in [-0.2, 0) is 6.18 Å². The summed E-state index contributed by atoms with van der Waals surface area (Å²) in [6.45, 7) is 0. The van der Waals surface area contributed by atoms with Gasteiger partial charge in [0.2, 0.25) is 0 Å². The summed E-state index contributed by atoms with van der Waals surface area (Å²) in [7, 11) is 0.